The molecular formula is C22H23ClFNO. The summed E-state index contributed by atoms with van der Waals surface area (Å²) in [5, 5.41) is 0.209. The van der Waals surface area contributed by atoms with E-state index in [1.807, 2.05) is 18.3 Å². The molecule has 1 saturated heterocycles. The summed E-state index contributed by atoms with van der Waals surface area (Å²) in [7, 11) is 0. The van der Waals surface area contributed by atoms with Crippen molar-refractivity contribution in [1.82, 2.24) is 4.98 Å². The van der Waals surface area contributed by atoms with Crippen LogP contribution in [0.15, 0.2) is 36.5 Å². The lowest BCUT2D eigenvalue weighted by Crippen LogP contribution is -2.07. The Morgan fingerprint density at radius 2 is 2.12 bits per heavy atom. The van der Waals surface area contributed by atoms with Crippen LogP contribution in [0.3, 0.4) is 0 Å². The summed E-state index contributed by atoms with van der Waals surface area (Å²) >= 11 is 6.23. The van der Waals surface area contributed by atoms with E-state index in [1.165, 1.54) is 5.56 Å². The Labute approximate surface area is 159 Å². The average molecular weight is 372 g/mol. The minimum absolute atomic E-state index is 0.0301. The Morgan fingerprint density at radius 3 is 2.73 bits per heavy atom. The van der Waals surface area contributed by atoms with Crippen LogP contribution in [-0.2, 0) is 11.2 Å². The summed E-state index contributed by atoms with van der Waals surface area (Å²) in [4.78, 5) is 4.65. The highest BCUT2D eigenvalue weighted by Gasteiger charge is 2.30. The SMILES string of the molecule is CCCc1ccc(C2CC=C(c3ccc(C4CO4)c(Cl)c3F)CC2)nc1. The van der Waals surface area contributed by atoms with Crippen molar-refractivity contribution in [1.29, 1.82) is 0 Å². The van der Waals surface area contributed by atoms with Crippen molar-refractivity contribution in [3.63, 3.8) is 0 Å². The molecule has 1 fully saturated rings. The molecule has 0 amide bonds. The highest BCUT2D eigenvalue weighted by atomic mass is 35.5. The molecule has 0 N–H and O–H groups in total. The van der Waals surface area contributed by atoms with E-state index in [0.717, 1.165) is 48.9 Å². The molecule has 2 atom stereocenters. The van der Waals surface area contributed by atoms with Crippen molar-refractivity contribution >= 4 is 17.2 Å². The van der Waals surface area contributed by atoms with Gasteiger partial charge >= 0.3 is 0 Å². The van der Waals surface area contributed by atoms with E-state index < -0.39 is 0 Å². The zero-order valence-electron chi connectivity index (χ0n) is 15.0. The van der Waals surface area contributed by atoms with E-state index >= 15 is 0 Å². The largest absolute Gasteiger partial charge is 0.368 e. The zero-order chi connectivity index (χ0) is 18.1. The molecule has 2 nitrogen and oxygen atoms in total. The molecular weight excluding hydrogens is 349 g/mol. The van der Waals surface area contributed by atoms with E-state index in [0.29, 0.717) is 18.1 Å². The fourth-order valence-electron chi connectivity index (χ4n) is 3.75. The van der Waals surface area contributed by atoms with Crippen molar-refractivity contribution < 1.29 is 9.13 Å². The number of hydrogen-bond acceptors (Lipinski definition) is 2. The lowest BCUT2D eigenvalue weighted by atomic mass is 9.84. The van der Waals surface area contributed by atoms with Gasteiger partial charge in [-0.15, -0.1) is 0 Å². The van der Waals surface area contributed by atoms with E-state index in [9.17, 15) is 4.39 Å². The molecule has 0 radical (unpaired) electrons. The molecule has 2 aliphatic rings. The summed E-state index contributed by atoms with van der Waals surface area (Å²) in [6.45, 7) is 2.81. The quantitative estimate of drug-likeness (QED) is 0.580. The first-order chi connectivity index (χ1) is 12.7. The Bertz CT molecular complexity index is 827. The van der Waals surface area contributed by atoms with Gasteiger partial charge in [-0.2, -0.15) is 0 Å². The smallest absolute Gasteiger partial charge is 0.149 e. The van der Waals surface area contributed by atoms with Gasteiger partial charge in [-0.3, -0.25) is 4.98 Å². The van der Waals surface area contributed by atoms with E-state index in [2.05, 4.69) is 30.1 Å². The minimum Gasteiger partial charge on any atom is -0.368 e. The number of allylic oxidation sites excluding steroid dienone is 2. The Hall–Kier alpha value is -1.71. The number of aromatic nitrogens is 1. The summed E-state index contributed by atoms with van der Waals surface area (Å²) in [6, 6.07) is 8.08. The molecule has 136 valence electrons. The molecule has 0 bridgehead atoms. The van der Waals surface area contributed by atoms with Gasteiger partial charge < -0.3 is 4.74 Å². The number of aryl methyl sites for hydroxylation is 1. The lowest BCUT2D eigenvalue weighted by Gasteiger charge is -2.22. The third-order valence-corrected chi connectivity index (χ3v) is 5.74. The first-order valence-corrected chi connectivity index (χ1v) is 9.79. The second-order valence-electron chi connectivity index (χ2n) is 7.19. The molecule has 2 unspecified atom stereocenters. The first-order valence-electron chi connectivity index (χ1n) is 9.41. The predicted molar refractivity (Wildman–Crippen MR) is 103 cm³/mol. The van der Waals surface area contributed by atoms with Crippen LogP contribution in [0.2, 0.25) is 5.02 Å². The van der Waals surface area contributed by atoms with Gasteiger partial charge in [-0.1, -0.05) is 49.2 Å². The fraction of sp³-hybridized carbons (Fsp3) is 0.409. The Balaban J connectivity index is 1.50. The van der Waals surface area contributed by atoms with Crippen molar-refractivity contribution in [3.8, 4) is 0 Å². The van der Waals surface area contributed by atoms with Gasteiger partial charge in [-0.05, 0) is 42.9 Å². The first kappa shape index (κ1) is 17.7. The normalized spacial score (nSPS) is 22.2. The molecule has 2 aromatic rings. The van der Waals surface area contributed by atoms with E-state index in [1.54, 1.807) is 0 Å². The van der Waals surface area contributed by atoms with Gasteiger partial charge in [-0.25, -0.2) is 4.39 Å². The number of hydrogen-bond donors (Lipinski definition) is 0. The molecule has 4 rings (SSSR count). The van der Waals surface area contributed by atoms with Gasteiger partial charge in [0.05, 0.1) is 11.6 Å². The molecule has 4 heteroatoms. The van der Waals surface area contributed by atoms with Crippen LogP contribution in [-0.4, -0.2) is 11.6 Å². The second-order valence-corrected chi connectivity index (χ2v) is 7.57. The third kappa shape index (κ3) is 3.56. The maximum atomic E-state index is 14.7. The van der Waals surface area contributed by atoms with E-state index in [4.69, 9.17) is 16.3 Å². The third-order valence-electron chi connectivity index (χ3n) is 5.35. The van der Waals surface area contributed by atoms with Crippen LogP contribution in [0, 0.1) is 5.82 Å². The summed E-state index contributed by atoms with van der Waals surface area (Å²) < 4.78 is 20.0. The molecule has 1 aromatic heterocycles. The summed E-state index contributed by atoms with van der Waals surface area (Å²) in [5.41, 5.74) is 4.87. The standard InChI is InChI=1S/C22H23ClFNO/c1-2-3-14-4-11-19(25-12-14)16-7-5-15(6-8-16)17-9-10-18(20-13-26-20)21(23)22(17)24/h4-5,9-12,16,20H,2-3,6-8,13H2,1H3. The fourth-order valence-corrected chi connectivity index (χ4v) is 4.04. The number of rotatable bonds is 5. The Kier molecular flexibility index (Phi) is 5.10. The van der Waals surface area contributed by atoms with Crippen LogP contribution in [0.1, 0.15) is 67.0 Å². The lowest BCUT2D eigenvalue weighted by molar-refractivity contribution is 0.415. The van der Waals surface area contributed by atoms with Crippen LogP contribution in [0.5, 0.6) is 0 Å². The minimum atomic E-state index is -0.314. The van der Waals surface area contributed by atoms with Gasteiger partial charge in [0.2, 0.25) is 0 Å². The maximum Gasteiger partial charge on any atom is 0.149 e. The molecule has 1 aliphatic heterocycles. The predicted octanol–water partition coefficient (Wildman–Crippen LogP) is 6.25. The monoisotopic (exact) mass is 371 g/mol. The average Bonchev–Trinajstić information content (AvgIpc) is 3.50. The molecule has 0 spiro atoms. The number of nitrogens with zero attached hydrogens (tertiary/aromatic N) is 1. The van der Waals surface area contributed by atoms with E-state index in [-0.39, 0.29) is 16.9 Å². The van der Waals surface area contributed by atoms with Crippen molar-refractivity contribution in [2.75, 3.05) is 6.61 Å². The molecule has 1 aliphatic carbocycles. The molecule has 1 aromatic carbocycles. The van der Waals surface area contributed by atoms with Crippen LogP contribution in [0.4, 0.5) is 4.39 Å². The van der Waals surface area contributed by atoms with Crippen LogP contribution in [0.25, 0.3) is 5.57 Å². The summed E-state index contributed by atoms with van der Waals surface area (Å²) in [6.07, 6.45) is 9.04. The van der Waals surface area contributed by atoms with Gasteiger partial charge in [0.1, 0.15) is 11.9 Å². The van der Waals surface area contributed by atoms with Crippen LogP contribution >= 0.6 is 11.6 Å². The number of pyridine rings is 1. The second kappa shape index (κ2) is 7.50. The zero-order valence-corrected chi connectivity index (χ0v) is 15.7. The number of epoxide rings is 1. The van der Waals surface area contributed by atoms with Crippen molar-refractivity contribution in [3.05, 3.63) is 69.8 Å². The summed E-state index contributed by atoms with van der Waals surface area (Å²) in [5.74, 6) is 0.0958. The molecule has 0 saturated carbocycles. The van der Waals surface area contributed by atoms with Crippen LogP contribution < -0.4 is 0 Å². The topological polar surface area (TPSA) is 25.4 Å². The van der Waals surface area contributed by atoms with Crippen molar-refractivity contribution in [2.24, 2.45) is 0 Å². The highest BCUT2D eigenvalue weighted by Crippen LogP contribution is 2.41. The van der Waals surface area contributed by atoms with Gasteiger partial charge in [0, 0.05) is 28.9 Å². The Morgan fingerprint density at radius 1 is 1.27 bits per heavy atom. The van der Waals surface area contributed by atoms with Gasteiger partial charge in [0.25, 0.3) is 0 Å². The molecule has 26 heavy (non-hydrogen) atoms. The molecule has 2 heterocycles. The van der Waals surface area contributed by atoms with Crippen molar-refractivity contribution in [2.45, 2.75) is 51.0 Å². The maximum absolute atomic E-state index is 14.7. The number of benzene rings is 1. The highest BCUT2D eigenvalue weighted by molar-refractivity contribution is 6.31. The van der Waals surface area contributed by atoms with Gasteiger partial charge in [0.15, 0.2) is 0 Å². The number of ether oxygens (including phenoxy) is 1. The number of halogens is 2.